The highest BCUT2D eigenvalue weighted by atomic mass is 16.2. The van der Waals surface area contributed by atoms with Gasteiger partial charge in [0, 0.05) is 44.5 Å². The number of piperidine rings is 1. The summed E-state index contributed by atoms with van der Waals surface area (Å²) in [6, 6.07) is 16.4. The molecule has 0 bridgehead atoms. The Morgan fingerprint density at radius 3 is 2.43 bits per heavy atom. The second-order valence-corrected chi connectivity index (χ2v) is 8.03. The molecule has 158 valence electrons. The van der Waals surface area contributed by atoms with Crippen molar-refractivity contribution in [1.82, 2.24) is 15.5 Å². The van der Waals surface area contributed by atoms with E-state index in [2.05, 4.69) is 33.7 Å². The van der Waals surface area contributed by atoms with Crippen LogP contribution in [0.15, 0.2) is 48.5 Å². The minimum atomic E-state index is -0.100. The quantitative estimate of drug-likeness (QED) is 0.820. The molecule has 6 nitrogen and oxygen atoms in total. The normalized spacial score (nSPS) is 16.7. The summed E-state index contributed by atoms with van der Waals surface area (Å²) in [6.45, 7) is 5.61. The molecule has 0 unspecified atom stereocenters. The van der Waals surface area contributed by atoms with E-state index in [-0.39, 0.29) is 18.0 Å². The summed E-state index contributed by atoms with van der Waals surface area (Å²) < 4.78 is 0. The summed E-state index contributed by atoms with van der Waals surface area (Å²) >= 11 is 0. The van der Waals surface area contributed by atoms with Gasteiger partial charge in [-0.1, -0.05) is 36.4 Å². The Hall–Kier alpha value is -3.02. The summed E-state index contributed by atoms with van der Waals surface area (Å²) in [4.78, 5) is 29.4. The van der Waals surface area contributed by atoms with Crippen LogP contribution in [0.3, 0.4) is 0 Å². The van der Waals surface area contributed by atoms with Crippen LogP contribution in [0.5, 0.6) is 0 Å². The van der Waals surface area contributed by atoms with Crippen LogP contribution in [0.1, 0.15) is 41.3 Å². The maximum absolute atomic E-state index is 13.4. The van der Waals surface area contributed by atoms with Crippen molar-refractivity contribution in [2.24, 2.45) is 0 Å². The number of hydrogen-bond donors (Lipinski definition) is 2. The van der Waals surface area contributed by atoms with E-state index in [0.29, 0.717) is 13.1 Å². The van der Waals surface area contributed by atoms with Crippen LogP contribution in [-0.2, 0) is 13.0 Å². The molecule has 2 N–H and O–H groups in total. The molecule has 0 saturated carbocycles. The first kappa shape index (κ1) is 20.3. The van der Waals surface area contributed by atoms with Gasteiger partial charge in [-0.3, -0.25) is 4.79 Å². The van der Waals surface area contributed by atoms with E-state index in [4.69, 9.17) is 0 Å². The molecule has 2 heterocycles. The number of urea groups is 1. The summed E-state index contributed by atoms with van der Waals surface area (Å²) in [5, 5.41) is 5.83. The average Bonchev–Trinajstić information content (AvgIpc) is 2.79. The number of rotatable bonds is 4. The Bertz CT molecular complexity index is 906. The van der Waals surface area contributed by atoms with E-state index in [1.165, 1.54) is 11.1 Å². The van der Waals surface area contributed by atoms with Crippen molar-refractivity contribution in [3.63, 3.8) is 0 Å². The van der Waals surface area contributed by atoms with Crippen LogP contribution in [-0.4, -0.2) is 49.1 Å². The van der Waals surface area contributed by atoms with Gasteiger partial charge in [-0.2, -0.15) is 0 Å². The van der Waals surface area contributed by atoms with E-state index in [1.54, 1.807) is 0 Å². The lowest BCUT2D eigenvalue weighted by molar-refractivity contribution is 0.0735. The van der Waals surface area contributed by atoms with Crippen LogP contribution < -0.4 is 15.5 Å². The zero-order valence-electron chi connectivity index (χ0n) is 17.6. The Balaban J connectivity index is 1.43. The van der Waals surface area contributed by atoms with Crippen molar-refractivity contribution in [3.8, 4) is 0 Å². The maximum Gasteiger partial charge on any atom is 0.314 e. The third kappa shape index (κ3) is 4.42. The van der Waals surface area contributed by atoms with E-state index < -0.39 is 0 Å². The smallest absolute Gasteiger partial charge is 0.314 e. The molecular weight excluding hydrogens is 376 g/mol. The highest BCUT2D eigenvalue weighted by Crippen LogP contribution is 2.27. The SMILES string of the molecule is CCNC(=O)NC1CCN(c2ccccc2C(=O)N2CCc3ccccc3C2)CC1. The number of para-hydroxylation sites is 1. The summed E-state index contributed by atoms with van der Waals surface area (Å²) in [6.07, 6.45) is 2.65. The van der Waals surface area contributed by atoms with Crippen LogP contribution in [0, 0.1) is 0 Å². The fourth-order valence-electron chi connectivity index (χ4n) is 4.43. The fourth-order valence-corrected chi connectivity index (χ4v) is 4.43. The molecule has 1 fully saturated rings. The number of carbonyl (C=O) groups excluding carboxylic acids is 2. The second kappa shape index (κ2) is 9.20. The van der Waals surface area contributed by atoms with Crippen molar-refractivity contribution in [1.29, 1.82) is 0 Å². The zero-order chi connectivity index (χ0) is 20.9. The van der Waals surface area contributed by atoms with Gasteiger partial charge in [0.2, 0.25) is 0 Å². The van der Waals surface area contributed by atoms with E-state index >= 15 is 0 Å². The molecule has 2 aliphatic rings. The lowest BCUT2D eigenvalue weighted by Crippen LogP contribution is -2.48. The minimum absolute atomic E-state index is 0.0997. The minimum Gasteiger partial charge on any atom is -0.371 e. The van der Waals surface area contributed by atoms with Crippen LogP contribution >= 0.6 is 0 Å². The zero-order valence-corrected chi connectivity index (χ0v) is 17.6. The molecule has 0 spiro atoms. The average molecular weight is 407 g/mol. The number of anilines is 1. The van der Waals surface area contributed by atoms with Crippen molar-refractivity contribution in [3.05, 3.63) is 65.2 Å². The topological polar surface area (TPSA) is 64.7 Å². The largest absolute Gasteiger partial charge is 0.371 e. The predicted octanol–water partition coefficient (Wildman–Crippen LogP) is 3.17. The van der Waals surface area contributed by atoms with Gasteiger partial charge in [-0.25, -0.2) is 4.79 Å². The van der Waals surface area contributed by atoms with Crippen molar-refractivity contribution in [2.75, 3.05) is 31.1 Å². The molecule has 4 rings (SSSR count). The van der Waals surface area contributed by atoms with Gasteiger partial charge < -0.3 is 20.4 Å². The number of benzene rings is 2. The van der Waals surface area contributed by atoms with E-state index in [1.807, 2.05) is 42.2 Å². The van der Waals surface area contributed by atoms with Gasteiger partial charge in [0.25, 0.3) is 5.91 Å². The first-order valence-electron chi connectivity index (χ1n) is 10.9. The molecule has 2 aromatic rings. The molecule has 0 aliphatic carbocycles. The van der Waals surface area contributed by atoms with Gasteiger partial charge >= 0.3 is 6.03 Å². The van der Waals surface area contributed by atoms with Crippen LogP contribution in [0.2, 0.25) is 0 Å². The highest BCUT2D eigenvalue weighted by molar-refractivity contribution is 6.00. The first-order valence-corrected chi connectivity index (χ1v) is 10.9. The lowest BCUT2D eigenvalue weighted by atomic mass is 9.98. The molecule has 3 amide bonds. The summed E-state index contributed by atoms with van der Waals surface area (Å²) in [5.74, 6) is 0.0997. The molecular formula is C24H30N4O2. The Morgan fingerprint density at radius 2 is 1.67 bits per heavy atom. The molecule has 0 aromatic heterocycles. The number of hydrogen-bond acceptors (Lipinski definition) is 3. The van der Waals surface area contributed by atoms with Crippen molar-refractivity contribution < 1.29 is 9.59 Å². The number of amides is 3. The van der Waals surface area contributed by atoms with Crippen molar-refractivity contribution >= 4 is 17.6 Å². The van der Waals surface area contributed by atoms with E-state index in [0.717, 1.165) is 50.1 Å². The molecule has 2 aliphatic heterocycles. The molecule has 1 saturated heterocycles. The third-order valence-corrected chi connectivity index (χ3v) is 6.06. The Morgan fingerprint density at radius 1 is 0.967 bits per heavy atom. The van der Waals surface area contributed by atoms with Gasteiger partial charge in [0.15, 0.2) is 0 Å². The molecule has 0 atom stereocenters. The van der Waals surface area contributed by atoms with Gasteiger partial charge in [0.05, 0.1) is 5.56 Å². The standard InChI is InChI=1S/C24H30N4O2/c1-2-25-24(30)26-20-12-15-27(16-13-20)22-10-6-5-9-21(22)23(29)28-14-11-18-7-3-4-8-19(18)17-28/h3-10,20H,2,11-17H2,1H3,(H2,25,26,30). The van der Waals surface area contributed by atoms with Crippen molar-refractivity contribution in [2.45, 2.75) is 38.8 Å². The lowest BCUT2D eigenvalue weighted by Gasteiger charge is -2.36. The number of nitrogens with zero attached hydrogens (tertiary/aromatic N) is 2. The van der Waals surface area contributed by atoms with Crippen LogP contribution in [0.25, 0.3) is 0 Å². The number of carbonyl (C=O) groups is 2. The maximum atomic E-state index is 13.4. The van der Waals surface area contributed by atoms with Crippen LogP contribution in [0.4, 0.5) is 10.5 Å². The Kier molecular flexibility index (Phi) is 6.21. The van der Waals surface area contributed by atoms with E-state index in [9.17, 15) is 9.59 Å². The molecule has 0 radical (unpaired) electrons. The fraction of sp³-hybridized carbons (Fsp3) is 0.417. The first-order chi connectivity index (χ1) is 14.7. The molecule has 30 heavy (non-hydrogen) atoms. The monoisotopic (exact) mass is 406 g/mol. The highest BCUT2D eigenvalue weighted by Gasteiger charge is 2.27. The van der Waals surface area contributed by atoms with Gasteiger partial charge in [-0.05, 0) is 49.4 Å². The Labute approximate surface area is 178 Å². The molecule has 2 aromatic carbocycles. The van der Waals surface area contributed by atoms with Gasteiger partial charge in [0.1, 0.15) is 0 Å². The summed E-state index contributed by atoms with van der Waals surface area (Å²) in [5.41, 5.74) is 4.35. The predicted molar refractivity (Wildman–Crippen MR) is 119 cm³/mol. The number of fused-ring (bicyclic) bond motifs is 1. The molecule has 6 heteroatoms. The third-order valence-electron chi connectivity index (χ3n) is 6.06. The second-order valence-electron chi connectivity index (χ2n) is 8.03. The number of nitrogens with one attached hydrogen (secondary N) is 2. The van der Waals surface area contributed by atoms with Gasteiger partial charge in [-0.15, -0.1) is 0 Å². The summed E-state index contributed by atoms with van der Waals surface area (Å²) in [7, 11) is 0.